The molecule has 0 fully saturated rings. The van der Waals surface area contributed by atoms with Gasteiger partial charge < -0.3 is 4.89 Å². The topological polar surface area (TPSA) is 54.4 Å². The molecule has 3 nitrogen and oxygen atoms in total. The van der Waals surface area contributed by atoms with Crippen LogP contribution in [0.25, 0.3) is 0 Å². The van der Waals surface area contributed by atoms with E-state index >= 15 is 0 Å². The van der Waals surface area contributed by atoms with Gasteiger partial charge in [-0.2, -0.15) is 0 Å². The largest absolute Gasteiger partial charge is 0.341 e. The Labute approximate surface area is 29.5 Å². The van der Waals surface area contributed by atoms with Crippen molar-refractivity contribution in [3.8, 4) is 0 Å². The van der Waals surface area contributed by atoms with Gasteiger partial charge in [0.1, 0.15) is 0 Å². The van der Waals surface area contributed by atoms with E-state index in [0.717, 1.165) is 0 Å². The van der Waals surface area contributed by atoms with Crippen molar-refractivity contribution in [1.29, 1.82) is 0 Å². The van der Waals surface area contributed by atoms with Gasteiger partial charge in [-0.05, 0) is 0 Å². The molecule has 0 aromatic rings. The van der Waals surface area contributed by atoms with Crippen LogP contribution >= 0.6 is 8.03 Å². The quantitative estimate of drug-likeness (QED) is 0.356. The molecule has 4 heteroatoms. The van der Waals surface area contributed by atoms with Crippen LogP contribution in [0.4, 0.5) is 0 Å². The van der Waals surface area contributed by atoms with Gasteiger partial charge in [-0.15, -0.1) is 0 Å². The van der Waals surface area contributed by atoms with Crippen LogP contribution in [0.1, 0.15) is 0 Å². The lowest BCUT2D eigenvalue weighted by Crippen LogP contribution is -1.50. The van der Waals surface area contributed by atoms with Crippen LogP contribution in [0.2, 0.25) is 0 Å². The van der Waals surface area contributed by atoms with Gasteiger partial charge in [0.2, 0.25) is 14.1 Å². The standard InChI is InChI=1S/CH3O3P/c2-1-5(3)4/h1,5H,(H,3,4). The molecule has 30 valence electrons. The van der Waals surface area contributed by atoms with Crippen LogP contribution in [-0.2, 0) is 9.36 Å². The molecule has 0 amide bonds. The molecular formula is CH3O3P. The zero-order chi connectivity index (χ0) is 4.28. The van der Waals surface area contributed by atoms with Crippen molar-refractivity contribution in [2.45, 2.75) is 0 Å². The molecule has 0 rings (SSSR count). The van der Waals surface area contributed by atoms with Gasteiger partial charge in [0.05, 0.1) is 0 Å². The van der Waals surface area contributed by atoms with Crippen molar-refractivity contribution in [3.05, 3.63) is 0 Å². The van der Waals surface area contributed by atoms with E-state index in [-0.39, 0.29) is 6.03 Å². The van der Waals surface area contributed by atoms with E-state index in [1.165, 1.54) is 0 Å². The van der Waals surface area contributed by atoms with Crippen LogP contribution in [0, 0.1) is 0 Å². The highest BCUT2D eigenvalue weighted by atomic mass is 31.1. The molecule has 0 aromatic carbocycles. The van der Waals surface area contributed by atoms with Crippen molar-refractivity contribution in [3.63, 3.8) is 0 Å². The van der Waals surface area contributed by atoms with Crippen molar-refractivity contribution in [2.75, 3.05) is 0 Å². The zero-order valence-electron chi connectivity index (χ0n) is 2.34. The molecule has 5 heavy (non-hydrogen) atoms. The number of rotatable bonds is 1. The van der Waals surface area contributed by atoms with Gasteiger partial charge >= 0.3 is 0 Å². The fourth-order valence-corrected chi connectivity index (χ4v) is 0. The Hall–Kier alpha value is -0.140. The molecular weight excluding hydrogens is 91.0 g/mol. The summed E-state index contributed by atoms with van der Waals surface area (Å²) in [6.45, 7) is 0. The molecule has 1 atom stereocenters. The number of hydrogen-bond acceptors (Lipinski definition) is 2. The Morgan fingerprint density at radius 1 is 1.80 bits per heavy atom. The number of hydrogen-bond donors (Lipinski definition) is 1. The van der Waals surface area contributed by atoms with Gasteiger partial charge in [0, 0.05) is 0 Å². The van der Waals surface area contributed by atoms with Crippen LogP contribution in [0.3, 0.4) is 0 Å². The highest BCUT2D eigenvalue weighted by molar-refractivity contribution is 7.55. The average Bonchev–Trinajstić information content (AvgIpc) is 1.38. The minimum absolute atomic E-state index is 0.0185. The first-order valence-corrected chi connectivity index (χ1v) is 2.38. The fraction of sp³-hybridized carbons (Fsp3) is 0. The molecule has 0 bridgehead atoms. The van der Waals surface area contributed by atoms with Crippen molar-refractivity contribution < 1.29 is 14.3 Å². The zero-order valence-corrected chi connectivity index (χ0v) is 3.34. The van der Waals surface area contributed by atoms with Gasteiger partial charge in [0.25, 0.3) is 0 Å². The van der Waals surface area contributed by atoms with Gasteiger partial charge in [-0.3, -0.25) is 9.36 Å². The van der Waals surface area contributed by atoms with E-state index < -0.39 is 8.03 Å². The molecule has 0 aromatic heterocycles. The van der Waals surface area contributed by atoms with E-state index in [0.29, 0.717) is 0 Å². The SMILES string of the molecule is O=C[PH](=O)O. The summed E-state index contributed by atoms with van der Waals surface area (Å²) in [5.41, 5.74) is 0. The first kappa shape index (κ1) is 4.86. The second kappa shape index (κ2) is 2.12. The molecule has 0 aliphatic rings. The second-order valence-corrected chi connectivity index (χ2v) is 1.37. The summed E-state index contributed by atoms with van der Waals surface area (Å²) in [6, 6.07) is 0.0185. The Kier molecular flexibility index (Phi) is 2.06. The molecule has 1 N–H and O–H groups in total. The lowest BCUT2D eigenvalue weighted by Gasteiger charge is -1.61. The third-order valence-corrected chi connectivity index (χ3v) is 0.302. The van der Waals surface area contributed by atoms with E-state index in [9.17, 15) is 4.57 Å². The third-order valence-electron chi connectivity index (χ3n) is 0.101. The smallest absolute Gasteiger partial charge is 0.249 e. The minimum atomic E-state index is -2.80. The summed E-state index contributed by atoms with van der Waals surface area (Å²) in [6.07, 6.45) is 0. The Morgan fingerprint density at radius 2 is 2.00 bits per heavy atom. The maximum Gasteiger partial charge on any atom is 0.249 e. The minimum Gasteiger partial charge on any atom is -0.341 e. The van der Waals surface area contributed by atoms with Gasteiger partial charge in [0.15, 0.2) is 0 Å². The van der Waals surface area contributed by atoms with Crippen LogP contribution in [0.15, 0.2) is 0 Å². The maximum atomic E-state index is 9.19. The monoisotopic (exact) mass is 94.0 g/mol. The molecule has 0 heterocycles. The predicted molar refractivity (Wildman–Crippen MR) is 18.0 cm³/mol. The van der Waals surface area contributed by atoms with Gasteiger partial charge in [-0.1, -0.05) is 0 Å². The molecule has 0 saturated heterocycles. The molecule has 0 spiro atoms. The lowest BCUT2D eigenvalue weighted by molar-refractivity contribution is 0.504. The number of carbonyl (C=O) groups is 1. The second-order valence-electron chi connectivity index (χ2n) is 0.456. The summed E-state index contributed by atoms with van der Waals surface area (Å²) in [7, 11) is -2.80. The Bertz CT molecular complexity index is 57.9. The van der Waals surface area contributed by atoms with Crippen molar-refractivity contribution in [2.24, 2.45) is 0 Å². The van der Waals surface area contributed by atoms with Gasteiger partial charge in [-0.25, -0.2) is 0 Å². The van der Waals surface area contributed by atoms with Crippen LogP contribution in [0.5, 0.6) is 0 Å². The third kappa shape index (κ3) is 3.86. The molecule has 1 unspecified atom stereocenters. The highest BCUT2D eigenvalue weighted by Gasteiger charge is 1.75. The van der Waals surface area contributed by atoms with E-state index in [1.54, 1.807) is 0 Å². The summed E-state index contributed by atoms with van der Waals surface area (Å²) in [5, 5.41) is 0. The molecule has 0 saturated carbocycles. The Balaban J connectivity index is 3.20. The van der Waals surface area contributed by atoms with Crippen molar-refractivity contribution >= 4 is 14.1 Å². The average molecular weight is 94.0 g/mol. The summed E-state index contributed by atoms with van der Waals surface area (Å²) >= 11 is 0. The Morgan fingerprint density at radius 3 is 2.00 bits per heavy atom. The first-order chi connectivity index (χ1) is 2.27. The highest BCUT2D eigenvalue weighted by Crippen LogP contribution is 2.02. The summed E-state index contributed by atoms with van der Waals surface area (Å²) in [5.74, 6) is 0. The molecule has 0 radical (unpaired) electrons. The molecule has 0 aliphatic heterocycles. The van der Waals surface area contributed by atoms with Crippen molar-refractivity contribution in [1.82, 2.24) is 0 Å². The van der Waals surface area contributed by atoms with Crippen LogP contribution in [-0.4, -0.2) is 10.9 Å². The fourth-order valence-electron chi connectivity index (χ4n) is 0. The summed E-state index contributed by atoms with van der Waals surface area (Å²) < 4.78 is 9.19. The maximum absolute atomic E-state index is 9.19. The van der Waals surface area contributed by atoms with Crippen LogP contribution < -0.4 is 0 Å². The van der Waals surface area contributed by atoms with E-state index in [4.69, 9.17) is 9.69 Å². The normalized spacial score (nSPS) is 13.8. The first-order valence-electron chi connectivity index (χ1n) is 0.952. The van der Waals surface area contributed by atoms with E-state index in [1.807, 2.05) is 0 Å². The molecule has 0 aliphatic carbocycles. The lowest BCUT2D eigenvalue weighted by atomic mass is 11.8. The summed E-state index contributed by atoms with van der Waals surface area (Å²) in [4.78, 5) is 16.5. The predicted octanol–water partition coefficient (Wildman–Crippen LogP) is -0.356. The number of carbonyl (C=O) groups excluding carboxylic acids is 1. The van der Waals surface area contributed by atoms with E-state index in [2.05, 4.69) is 0 Å².